The summed E-state index contributed by atoms with van der Waals surface area (Å²) in [7, 11) is 1.72. The van der Waals surface area contributed by atoms with Crippen LogP contribution in [0.3, 0.4) is 0 Å². The molecule has 1 unspecified atom stereocenters. The van der Waals surface area contributed by atoms with E-state index in [9.17, 15) is 0 Å². The number of nitrogens with zero attached hydrogens (tertiary/aromatic N) is 3. The Labute approximate surface area is 188 Å². The van der Waals surface area contributed by atoms with Crippen LogP contribution < -0.4 is 15.4 Å². The zero-order valence-corrected chi connectivity index (χ0v) is 20.2. The first-order valence-electron chi connectivity index (χ1n) is 10.3. The van der Waals surface area contributed by atoms with Gasteiger partial charge in [-0.05, 0) is 38.4 Å². The molecule has 0 aromatic heterocycles. The zero-order chi connectivity index (χ0) is 19.5. The molecule has 0 amide bonds. The Morgan fingerprint density at radius 3 is 2.50 bits per heavy atom. The van der Waals surface area contributed by atoms with Gasteiger partial charge in [0.05, 0.1) is 13.7 Å². The lowest BCUT2D eigenvalue weighted by atomic mass is 10.1. The van der Waals surface area contributed by atoms with Crippen LogP contribution >= 0.6 is 24.0 Å². The molecule has 1 aromatic rings. The lowest BCUT2D eigenvalue weighted by Gasteiger charge is -2.37. The third-order valence-corrected chi connectivity index (χ3v) is 5.21. The molecular formula is C21H38IN5O. The molecule has 1 aliphatic rings. The van der Waals surface area contributed by atoms with E-state index in [-0.39, 0.29) is 24.0 Å². The molecule has 1 fully saturated rings. The van der Waals surface area contributed by atoms with Crippen LogP contribution in [-0.2, 0) is 6.42 Å². The Morgan fingerprint density at radius 1 is 1.14 bits per heavy atom. The molecule has 1 aliphatic heterocycles. The summed E-state index contributed by atoms with van der Waals surface area (Å²) in [6, 6.07) is 8.64. The number of halogens is 1. The lowest BCUT2D eigenvalue weighted by Crippen LogP contribution is -2.50. The van der Waals surface area contributed by atoms with E-state index in [1.54, 1.807) is 7.11 Å². The number of piperazine rings is 1. The van der Waals surface area contributed by atoms with Gasteiger partial charge in [-0.25, -0.2) is 0 Å². The normalized spacial score (nSPS) is 16.9. The van der Waals surface area contributed by atoms with Crippen LogP contribution in [0.15, 0.2) is 29.3 Å². The Bertz CT molecular complexity index is 576. The van der Waals surface area contributed by atoms with Crippen molar-refractivity contribution in [3.05, 3.63) is 29.8 Å². The van der Waals surface area contributed by atoms with Crippen LogP contribution in [-0.4, -0.2) is 81.3 Å². The van der Waals surface area contributed by atoms with E-state index >= 15 is 0 Å². The van der Waals surface area contributed by atoms with E-state index in [4.69, 9.17) is 9.73 Å². The van der Waals surface area contributed by atoms with Crippen molar-refractivity contribution in [3.63, 3.8) is 0 Å². The summed E-state index contributed by atoms with van der Waals surface area (Å²) in [6.07, 6.45) is 0.906. The molecule has 2 N–H and O–H groups in total. The molecule has 6 nitrogen and oxygen atoms in total. The van der Waals surface area contributed by atoms with Gasteiger partial charge in [0, 0.05) is 45.3 Å². The predicted molar refractivity (Wildman–Crippen MR) is 129 cm³/mol. The zero-order valence-electron chi connectivity index (χ0n) is 17.9. The molecule has 1 saturated heterocycles. The maximum Gasteiger partial charge on any atom is 0.191 e. The van der Waals surface area contributed by atoms with Crippen molar-refractivity contribution in [2.75, 3.05) is 59.5 Å². The van der Waals surface area contributed by atoms with Crippen molar-refractivity contribution in [3.8, 4) is 5.75 Å². The van der Waals surface area contributed by atoms with Crippen molar-refractivity contribution in [2.24, 2.45) is 4.99 Å². The first-order valence-corrected chi connectivity index (χ1v) is 10.3. The van der Waals surface area contributed by atoms with Crippen molar-refractivity contribution in [2.45, 2.75) is 33.2 Å². The van der Waals surface area contributed by atoms with Crippen LogP contribution in [0, 0.1) is 0 Å². The fraction of sp³-hybridized carbons (Fsp3) is 0.667. The molecule has 0 bridgehead atoms. The molecule has 28 heavy (non-hydrogen) atoms. The standard InChI is InChI=1S/C21H37N5O.HI/c1-5-22-21(23-12-11-19-9-7-8-10-20(19)27-4)24-17-18(3)26-15-13-25(6-2)14-16-26;/h7-10,18H,5-6,11-17H2,1-4H3,(H2,22,23,24);1H. The largest absolute Gasteiger partial charge is 0.496 e. The molecule has 160 valence electrons. The summed E-state index contributed by atoms with van der Waals surface area (Å²) in [5.74, 6) is 1.84. The van der Waals surface area contributed by atoms with Gasteiger partial charge in [-0.15, -0.1) is 24.0 Å². The highest BCUT2D eigenvalue weighted by molar-refractivity contribution is 14.0. The van der Waals surface area contributed by atoms with Gasteiger partial charge in [0.1, 0.15) is 5.75 Å². The van der Waals surface area contributed by atoms with E-state index < -0.39 is 0 Å². The van der Waals surface area contributed by atoms with Gasteiger partial charge >= 0.3 is 0 Å². The molecule has 0 saturated carbocycles. The maximum absolute atomic E-state index is 5.43. The Hall–Kier alpha value is -1.06. The molecule has 0 spiro atoms. The second-order valence-electron chi connectivity index (χ2n) is 7.03. The minimum Gasteiger partial charge on any atom is -0.496 e. The molecule has 0 radical (unpaired) electrons. The summed E-state index contributed by atoms with van der Waals surface area (Å²) < 4.78 is 5.43. The van der Waals surface area contributed by atoms with Gasteiger partial charge in [0.15, 0.2) is 5.96 Å². The average Bonchev–Trinajstić information content (AvgIpc) is 2.72. The fourth-order valence-electron chi connectivity index (χ4n) is 3.43. The van der Waals surface area contributed by atoms with E-state index in [1.807, 2.05) is 12.1 Å². The highest BCUT2D eigenvalue weighted by Crippen LogP contribution is 2.17. The van der Waals surface area contributed by atoms with Gasteiger partial charge in [0.2, 0.25) is 0 Å². The van der Waals surface area contributed by atoms with Crippen LogP contribution in [0.2, 0.25) is 0 Å². The lowest BCUT2D eigenvalue weighted by molar-refractivity contribution is 0.109. The summed E-state index contributed by atoms with van der Waals surface area (Å²) in [5.41, 5.74) is 1.21. The topological polar surface area (TPSA) is 52.1 Å². The van der Waals surface area contributed by atoms with E-state index in [2.05, 4.69) is 53.3 Å². The number of aliphatic imine (C=N–C) groups is 1. The molecule has 1 heterocycles. The summed E-state index contributed by atoms with van der Waals surface area (Å²) in [5, 5.41) is 6.80. The molecule has 7 heteroatoms. The highest BCUT2D eigenvalue weighted by Gasteiger charge is 2.19. The van der Waals surface area contributed by atoms with Crippen LogP contribution in [0.4, 0.5) is 0 Å². The van der Waals surface area contributed by atoms with Crippen molar-refractivity contribution >= 4 is 29.9 Å². The van der Waals surface area contributed by atoms with Gasteiger partial charge in [-0.1, -0.05) is 25.1 Å². The minimum atomic E-state index is 0. The summed E-state index contributed by atoms with van der Waals surface area (Å²) >= 11 is 0. The number of ether oxygens (including phenoxy) is 1. The number of para-hydroxylation sites is 1. The number of hydrogen-bond donors (Lipinski definition) is 2. The first-order chi connectivity index (χ1) is 13.2. The summed E-state index contributed by atoms with van der Waals surface area (Å²) in [4.78, 5) is 9.87. The van der Waals surface area contributed by atoms with Crippen molar-refractivity contribution in [1.82, 2.24) is 20.4 Å². The number of nitrogens with one attached hydrogen (secondary N) is 2. The smallest absolute Gasteiger partial charge is 0.191 e. The SMILES string of the molecule is CCNC(=NCC(C)N1CCN(CC)CC1)NCCc1ccccc1OC.I. The third-order valence-electron chi connectivity index (χ3n) is 5.21. The molecule has 0 aliphatic carbocycles. The fourth-order valence-corrected chi connectivity index (χ4v) is 3.43. The van der Waals surface area contributed by atoms with Crippen molar-refractivity contribution in [1.29, 1.82) is 0 Å². The van der Waals surface area contributed by atoms with Crippen molar-refractivity contribution < 1.29 is 4.74 Å². The van der Waals surface area contributed by atoms with Crippen LogP contribution in [0.1, 0.15) is 26.3 Å². The van der Waals surface area contributed by atoms with Gasteiger partial charge in [-0.3, -0.25) is 9.89 Å². The number of hydrogen-bond acceptors (Lipinski definition) is 4. The maximum atomic E-state index is 5.43. The van der Waals surface area contributed by atoms with Crippen LogP contribution in [0.25, 0.3) is 0 Å². The second-order valence-corrected chi connectivity index (χ2v) is 7.03. The second kappa shape index (κ2) is 14.0. The Morgan fingerprint density at radius 2 is 1.86 bits per heavy atom. The first kappa shape index (κ1) is 25.0. The van der Waals surface area contributed by atoms with Crippen LogP contribution in [0.5, 0.6) is 5.75 Å². The molecule has 1 atom stereocenters. The molecule has 1 aromatic carbocycles. The van der Waals surface area contributed by atoms with E-state index in [0.29, 0.717) is 6.04 Å². The number of likely N-dealkylation sites (N-methyl/N-ethyl adjacent to an activating group) is 1. The van der Waals surface area contributed by atoms with Gasteiger partial charge in [-0.2, -0.15) is 0 Å². The predicted octanol–water partition coefficient (Wildman–Crippen LogP) is 2.44. The number of methoxy groups -OCH3 is 1. The quantitative estimate of drug-likeness (QED) is 0.308. The number of rotatable bonds is 9. The highest BCUT2D eigenvalue weighted by atomic mass is 127. The number of benzene rings is 1. The van der Waals surface area contributed by atoms with E-state index in [0.717, 1.165) is 57.4 Å². The Kier molecular flexibility index (Phi) is 12.5. The Balaban J connectivity index is 0.00000392. The number of guanidine groups is 1. The summed E-state index contributed by atoms with van der Waals surface area (Å²) in [6.45, 7) is 14.9. The molecular weight excluding hydrogens is 465 g/mol. The molecule has 2 rings (SSSR count). The van der Waals surface area contributed by atoms with E-state index in [1.165, 1.54) is 18.7 Å². The van der Waals surface area contributed by atoms with Gasteiger partial charge < -0.3 is 20.3 Å². The average molecular weight is 503 g/mol. The monoisotopic (exact) mass is 503 g/mol. The minimum absolute atomic E-state index is 0. The van der Waals surface area contributed by atoms with Gasteiger partial charge in [0.25, 0.3) is 0 Å². The third kappa shape index (κ3) is 8.13.